The first-order valence-electron chi connectivity index (χ1n) is 14.9. The van der Waals surface area contributed by atoms with Gasteiger partial charge in [-0.25, -0.2) is 8.78 Å². The van der Waals surface area contributed by atoms with Gasteiger partial charge < -0.3 is 19.9 Å². The van der Waals surface area contributed by atoms with Crippen molar-refractivity contribution >= 4 is 11.9 Å². The van der Waals surface area contributed by atoms with Gasteiger partial charge in [-0.3, -0.25) is 14.4 Å². The number of likely N-dealkylation sites (N-methyl/N-ethyl adjacent to an activating group) is 1. The Kier molecular flexibility index (Phi) is 11.7. The number of nitrogens with one attached hydrogen (secondary N) is 1. The lowest BCUT2D eigenvalue weighted by Crippen LogP contribution is -2.41. The number of carboxylic acid groups (broad SMARTS) is 1. The zero-order valence-electron chi connectivity index (χ0n) is 27.1. The molecule has 3 rings (SSSR count). The molecule has 1 aromatic heterocycles. The van der Waals surface area contributed by atoms with Gasteiger partial charge in [0.25, 0.3) is 5.56 Å². The topological polar surface area (TPSA) is 91.6 Å². The van der Waals surface area contributed by atoms with Gasteiger partial charge in [-0.05, 0) is 75.0 Å². The lowest BCUT2D eigenvalue weighted by atomic mass is 9.89. The number of benzene rings is 2. The molecule has 0 unspecified atom stereocenters. The molecule has 7 nitrogen and oxygen atoms in total. The van der Waals surface area contributed by atoms with Crippen molar-refractivity contribution in [3.63, 3.8) is 0 Å². The molecule has 0 spiro atoms. The predicted octanol–water partition coefficient (Wildman–Crippen LogP) is 6.43. The SMILES string of the molecule is C#Cc1cc(-c2c(C)cccc2C)c(F)c([C@@H](CC(=O)O)NC(=O)[C@H](CC(C)C)n2cc(CCN(C)C)c(C(F)(F)F)cc2=O)c1F. The first kappa shape index (κ1) is 37.0. The van der Waals surface area contributed by atoms with Gasteiger partial charge in [0, 0.05) is 29.9 Å². The quantitative estimate of drug-likeness (QED) is 0.173. The van der Waals surface area contributed by atoms with Crippen molar-refractivity contribution < 1.29 is 36.6 Å². The number of rotatable bonds is 12. The molecule has 0 aliphatic rings. The molecule has 0 saturated carbocycles. The third-order valence-electron chi connectivity index (χ3n) is 7.81. The van der Waals surface area contributed by atoms with Gasteiger partial charge in [0.2, 0.25) is 5.91 Å². The molecule has 0 aliphatic heterocycles. The van der Waals surface area contributed by atoms with Gasteiger partial charge >= 0.3 is 12.1 Å². The highest BCUT2D eigenvalue weighted by Gasteiger charge is 2.36. The summed E-state index contributed by atoms with van der Waals surface area (Å²) in [7, 11) is 3.33. The molecule has 47 heavy (non-hydrogen) atoms. The number of aromatic nitrogens is 1. The average Bonchev–Trinajstić information content (AvgIpc) is 2.95. The third-order valence-corrected chi connectivity index (χ3v) is 7.81. The monoisotopic (exact) mass is 659 g/mol. The Balaban J connectivity index is 2.22. The number of carbonyl (C=O) groups excluding carboxylic acids is 1. The van der Waals surface area contributed by atoms with Crippen LogP contribution in [0.15, 0.2) is 41.3 Å². The fraction of sp³-hybridized carbons (Fsp3) is 0.400. The van der Waals surface area contributed by atoms with Crippen molar-refractivity contribution in [2.45, 2.75) is 65.2 Å². The van der Waals surface area contributed by atoms with Crippen LogP contribution in [0.1, 0.15) is 72.2 Å². The minimum atomic E-state index is -4.84. The molecule has 0 saturated heterocycles. The Morgan fingerprint density at radius 1 is 1.09 bits per heavy atom. The van der Waals surface area contributed by atoms with Crippen LogP contribution in [0.4, 0.5) is 22.0 Å². The summed E-state index contributed by atoms with van der Waals surface area (Å²) >= 11 is 0. The van der Waals surface area contributed by atoms with Crippen LogP contribution in [0.25, 0.3) is 11.1 Å². The van der Waals surface area contributed by atoms with Crippen LogP contribution in [-0.4, -0.2) is 47.1 Å². The van der Waals surface area contributed by atoms with E-state index in [1.54, 1.807) is 64.9 Å². The predicted molar refractivity (Wildman–Crippen MR) is 169 cm³/mol. The molecule has 12 heteroatoms. The Labute approximate surface area is 270 Å². The molecule has 252 valence electrons. The van der Waals surface area contributed by atoms with Gasteiger partial charge in [-0.15, -0.1) is 6.42 Å². The fourth-order valence-electron chi connectivity index (χ4n) is 5.59. The molecule has 1 heterocycles. The van der Waals surface area contributed by atoms with Crippen LogP contribution in [-0.2, 0) is 22.2 Å². The lowest BCUT2D eigenvalue weighted by molar-refractivity contribution is -0.139. The summed E-state index contributed by atoms with van der Waals surface area (Å²) < 4.78 is 74.8. The van der Waals surface area contributed by atoms with E-state index in [1.807, 2.05) is 0 Å². The van der Waals surface area contributed by atoms with Gasteiger partial charge in [-0.1, -0.05) is 38.0 Å². The van der Waals surface area contributed by atoms with Crippen LogP contribution >= 0.6 is 0 Å². The molecule has 2 atom stereocenters. The molecule has 1 amide bonds. The number of nitrogens with zero attached hydrogens (tertiary/aromatic N) is 2. The van der Waals surface area contributed by atoms with E-state index in [4.69, 9.17) is 6.42 Å². The van der Waals surface area contributed by atoms with Gasteiger partial charge in [0.15, 0.2) is 0 Å². The van der Waals surface area contributed by atoms with Crippen molar-refractivity contribution in [3.8, 4) is 23.5 Å². The number of terminal acetylenes is 1. The number of alkyl halides is 3. The van der Waals surface area contributed by atoms with Crippen molar-refractivity contribution in [1.82, 2.24) is 14.8 Å². The van der Waals surface area contributed by atoms with E-state index >= 15 is 8.78 Å². The van der Waals surface area contributed by atoms with Crippen molar-refractivity contribution in [2.75, 3.05) is 20.6 Å². The molecule has 2 aromatic carbocycles. The minimum absolute atomic E-state index is 0.0625. The number of amides is 1. The van der Waals surface area contributed by atoms with Crippen molar-refractivity contribution in [1.29, 1.82) is 0 Å². The highest BCUT2D eigenvalue weighted by Crippen LogP contribution is 2.37. The summed E-state index contributed by atoms with van der Waals surface area (Å²) in [6.07, 6.45) is 0.560. The number of carboxylic acids is 1. The van der Waals surface area contributed by atoms with Crippen LogP contribution in [0.2, 0.25) is 0 Å². The van der Waals surface area contributed by atoms with Crippen LogP contribution in [0, 0.1) is 43.7 Å². The maximum Gasteiger partial charge on any atom is 0.416 e. The van der Waals surface area contributed by atoms with Crippen molar-refractivity contribution in [3.05, 3.63) is 91.9 Å². The second-order valence-electron chi connectivity index (χ2n) is 12.2. The van der Waals surface area contributed by atoms with Gasteiger partial charge in [-0.2, -0.15) is 13.2 Å². The third kappa shape index (κ3) is 8.65. The largest absolute Gasteiger partial charge is 0.481 e. The summed E-state index contributed by atoms with van der Waals surface area (Å²) in [5, 5.41) is 12.1. The minimum Gasteiger partial charge on any atom is -0.481 e. The standard InChI is InChI=1S/C35H38F5N3O4/c1-8-22-15-24(30-20(4)10-9-11-21(30)5)33(37)31(32(22)36)26(17-29(45)46)41-34(47)27(14-19(2)3)43-18-23(12-13-42(6)7)25(16-28(43)44)35(38,39)40/h1,9-11,15-16,18-19,26-27H,12-14,17H2,2-7H3,(H,41,47)(H,45,46)/t26-,27+/m1/s1. The number of carbonyl (C=O) groups is 2. The second-order valence-corrected chi connectivity index (χ2v) is 12.2. The lowest BCUT2D eigenvalue weighted by Gasteiger charge is -2.27. The maximum absolute atomic E-state index is 16.4. The van der Waals surface area contributed by atoms with E-state index in [0.717, 1.165) is 16.8 Å². The summed E-state index contributed by atoms with van der Waals surface area (Å²) in [6, 6.07) is 3.48. The highest BCUT2D eigenvalue weighted by molar-refractivity contribution is 5.82. The second kappa shape index (κ2) is 14.9. The maximum atomic E-state index is 16.4. The Morgan fingerprint density at radius 2 is 1.70 bits per heavy atom. The first-order chi connectivity index (χ1) is 21.9. The van der Waals surface area contributed by atoms with Crippen LogP contribution in [0.3, 0.4) is 0 Å². The molecule has 0 aliphatic carbocycles. The number of pyridine rings is 1. The molecule has 3 aromatic rings. The molecular weight excluding hydrogens is 621 g/mol. The van der Waals surface area contributed by atoms with E-state index < -0.39 is 64.9 Å². The number of hydrogen-bond donors (Lipinski definition) is 2. The molecular formula is C35H38F5N3O4. The van der Waals surface area contributed by atoms with E-state index in [1.165, 1.54) is 0 Å². The number of aryl methyl sites for hydroxylation is 2. The number of aliphatic carboxylic acids is 1. The zero-order valence-corrected chi connectivity index (χ0v) is 27.1. The Morgan fingerprint density at radius 3 is 2.21 bits per heavy atom. The Hall–Kier alpha value is -4.50. The van der Waals surface area contributed by atoms with E-state index in [2.05, 4.69) is 11.2 Å². The van der Waals surface area contributed by atoms with E-state index in [9.17, 15) is 32.7 Å². The summed E-state index contributed by atoms with van der Waals surface area (Å²) in [5.41, 5.74) is -2.07. The first-order valence-corrected chi connectivity index (χ1v) is 14.9. The van der Waals surface area contributed by atoms with Crippen LogP contribution in [0.5, 0.6) is 0 Å². The van der Waals surface area contributed by atoms with Gasteiger partial charge in [0.1, 0.15) is 17.7 Å². The average molecular weight is 660 g/mol. The molecule has 0 bridgehead atoms. The molecule has 0 fully saturated rings. The zero-order chi connectivity index (χ0) is 35.4. The van der Waals surface area contributed by atoms with Crippen molar-refractivity contribution in [2.24, 2.45) is 5.92 Å². The van der Waals surface area contributed by atoms with Gasteiger partial charge in [0.05, 0.1) is 23.6 Å². The Bertz CT molecular complexity index is 1740. The summed E-state index contributed by atoms with van der Waals surface area (Å²) in [6.45, 7) is 7.05. The number of halogens is 5. The highest BCUT2D eigenvalue weighted by atomic mass is 19.4. The van der Waals surface area contributed by atoms with E-state index in [0.29, 0.717) is 22.8 Å². The normalized spacial score (nSPS) is 13.0. The summed E-state index contributed by atoms with van der Waals surface area (Å²) in [5.74, 6) is -3.02. The number of hydrogen-bond acceptors (Lipinski definition) is 4. The fourth-order valence-corrected chi connectivity index (χ4v) is 5.59. The smallest absolute Gasteiger partial charge is 0.416 e. The van der Waals surface area contributed by atoms with E-state index in [-0.39, 0.29) is 42.0 Å². The van der Waals surface area contributed by atoms with Crippen LogP contribution < -0.4 is 10.9 Å². The molecule has 0 radical (unpaired) electrons. The molecule has 2 N–H and O–H groups in total. The summed E-state index contributed by atoms with van der Waals surface area (Å²) in [4.78, 5) is 40.7.